The Kier molecular flexibility index (Phi) is 7.86. The molecular formula is C21H32BN2O2PS. The Hall–Kier alpha value is -0.775. The topological polar surface area (TPSA) is 47.7 Å². The molecule has 7 heteroatoms. The first kappa shape index (κ1) is 23.5. The third-order valence-corrected chi connectivity index (χ3v) is 5.71. The maximum Gasteiger partial charge on any atom is 0.119 e. The van der Waals surface area contributed by atoms with Gasteiger partial charge in [-0.05, 0) is 52.3 Å². The van der Waals surface area contributed by atoms with Crippen molar-refractivity contribution < 1.29 is 9.47 Å². The van der Waals surface area contributed by atoms with Gasteiger partial charge in [-0.25, -0.2) is 0 Å². The normalized spacial score (nSPS) is 19.9. The van der Waals surface area contributed by atoms with Crippen molar-refractivity contribution in [3.63, 3.8) is 0 Å². The van der Waals surface area contributed by atoms with Gasteiger partial charge in [-0.2, -0.15) is 0 Å². The van der Waals surface area contributed by atoms with Crippen LogP contribution >= 0.6 is 21.0 Å². The van der Waals surface area contributed by atoms with E-state index >= 15 is 0 Å². The molecule has 1 aromatic carbocycles. The van der Waals surface area contributed by atoms with Gasteiger partial charge in [0.1, 0.15) is 7.85 Å². The van der Waals surface area contributed by atoms with Gasteiger partial charge in [-0.15, -0.1) is 15.8 Å². The first-order valence-corrected chi connectivity index (χ1v) is 10.9. The second-order valence-corrected chi connectivity index (χ2v) is 10.4. The molecule has 0 amide bonds. The lowest BCUT2D eigenvalue weighted by Crippen LogP contribution is -2.35. The maximum atomic E-state index is 6.29. The largest absolute Gasteiger partial charge is 0.381 e. The minimum Gasteiger partial charge on any atom is -0.381 e. The summed E-state index contributed by atoms with van der Waals surface area (Å²) in [6.07, 6.45) is 4.59. The third kappa shape index (κ3) is 7.24. The fourth-order valence-corrected chi connectivity index (χ4v) is 4.10. The van der Waals surface area contributed by atoms with Gasteiger partial charge < -0.3 is 20.1 Å². The number of nitrogens with zero attached hydrogens (tertiary/aromatic N) is 1. The molecule has 1 aliphatic rings. The van der Waals surface area contributed by atoms with Crippen molar-refractivity contribution in [1.29, 1.82) is 0 Å². The summed E-state index contributed by atoms with van der Waals surface area (Å²) in [5.41, 5.74) is 6.62. The predicted octanol–water partition coefficient (Wildman–Crippen LogP) is 4.26. The second-order valence-electron chi connectivity index (χ2n) is 8.16. The summed E-state index contributed by atoms with van der Waals surface area (Å²) in [5, 5.41) is 0.407. The molecule has 152 valence electrons. The van der Waals surface area contributed by atoms with E-state index in [0.717, 1.165) is 18.0 Å². The lowest BCUT2D eigenvalue weighted by atomic mass is 10.0. The van der Waals surface area contributed by atoms with Crippen molar-refractivity contribution in [1.82, 2.24) is 0 Å². The Labute approximate surface area is 177 Å². The van der Waals surface area contributed by atoms with Crippen LogP contribution in [0.15, 0.2) is 52.9 Å². The first-order chi connectivity index (χ1) is 12.9. The number of rotatable bonds is 10. The highest BCUT2D eigenvalue weighted by Crippen LogP contribution is 2.46. The molecule has 3 unspecified atom stereocenters. The highest BCUT2D eigenvalue weighted by molar-refractivity contribution is 8.03. The van der Waals surface area contributed by atoms with Crippen LogP contribution in [0.5, 0.6) is 0 Å². The molecule has 2 N–H and O–H groups in total. The smallest absolute Gasteiger partial charge is 0.119 e. The van der Waals surface area contributed by atoms with E-state index in [1.807, 2.05) is 13.8 Å². The SMILES string of the molecule is [B]C(C)(P)OCCC(C)(C)OCCN1/C(=C/C(C)(N)C=C)Sc2ccccc21. The van der Waals surface area contributed by atoms with E-state index < -0.39 is 10.8 Å². The number of ether oxygens (including phenoxy) is 2. The van der Waals surface area contributed by atoms with Crippen molar-refractivity contribution in [2.24, 2.45) is 5.73 Å². The Morgan fingerprint density at radius 3 is 2.54 bits per heavy atom. The van der Waals surface area contributed by atoms with Crippen molar-refractivity contribution >= 4 is 34.5 Å². The number of anilines is 1. The van der Waals surface area contributed by atoms with Crippen molar-refractivity contribution in [2.45, 2.75) is 55.4 Å². The standard InChI is InChI=1S/C21H32BN2O2PS/c1-6-20(4,23)15-18-24(16-9-7-8-10-17(16)28-18)12-14-25-19(2,3)11-13-26-21(5,22)27/h6-10,15H,1,11-14,23,27H2,2-5H3/b18-15-. The molecule has 1 aromatic rings. The zero-order valence-corrected chi connectivity index (χ0v) is 19.4. The highest BCUT2D eigenvalue weighted by atomic mass is 32.2. The third-order valence-electron chi connectivity index (χ3n) is 4.44. The van der Waals surface area contributed by atoms with Gasteiger partial charge in [0.15, 0.2) is 0 Å². The van der Waals surface area contributed by atoms with Crippen LogP contribution in [-0.2, 0) is 9.47 Å². The summed E-state index contributed by atoms with van der Waals surface area (Å²) in [5.74, 6) is 0. The minimum atomic E-state index is -0.702. The van der Waals surface area contributed by atoms with Crippen molar-refractivity contribution in [2.75, 3.05) is 24.7 Å². The molecule has 0 bridgehead atoms. The summed E-state index contributed by atoms with van der Waals surface area (Å²) >= 11 is 1.73. The monoisotopic (exact) mass is 418 g/mol. The number of hydrogen-bond acceptors (Lipinski definition) is 5. The molecule has 0 saturated heterocycles. The van der Waals surface area contributed by atoms with Gasteiger partial charge >= 0.3 is 0 Å². The molecular weight excluding hydrogens is 386 g/mol. The molecule has 0 fully saturated rings. The molecule has 4 nitrogen and oxygen atoms in total. The van der Waals surface area contributed by atoms with Crippen LogP contribution in [0.4, 0.5) is 5.69 Å². The fourth-order valence-electron chi connectivity index (χ4n) is 2.72. The Morgan fingerprint density at radius 2 is 1.89 bits per heavy atom. The Bertz CT molecular complexity index is 717. The molecule has 0 spiro atoms. The molecule has 0 aliphatic carbocycles. The van der Waals surface area contributed by atoms with Crippen LogP contribution in [0.2, 0.25) is 0 Å². The Balaban J connectivity index is 2.00. The van der Waals surface area contributed by atoms with Crippen LogP contribution in [0, 0.1) is 0 Å². The quantitative estimate of drug-likeness (QED) is 0.350. The van der Waals surface area contributed by atoms with Gasteiger partial charge in [0.05, 0.1) is 28.5 Å². The van der Waals surface area contributed by atoms with Gasteiger partial charge in [-0.1, -0.05) is 30.0 Å². The fraction of sp³-hybridized carbons (Fsp3) is 0.524. The number of thioether (sulfide) groups is 1. The van der Waals surface area contributed by atoms with E-state index in [1.165, 1.54) is 10.6 Å². The molecule has 0 saturated carbocycles. The minimum absolute atomic E-state index is 0.296. The average Bonchev–Trinajstić information content (AvgIpc) is 2.90. The lowest BCUT2D eigenvalue weighted by molar-refractivity contribution is -0.0419. The van der Waals surface area contributed by atoms with E-state index in [4.69, 9.17) is 23.1 Å². The molecule has 28 heavy (non-hydrogen) atoms. The summed E-state index contributed by atoms with van der Waals surface area (Å²) in [7, 11) is 8.32. The number of hydrogen-bond donors (Lipinski definition) is 1. The highest BCUT2D eigenvalue weighted by Gasteiger charge is 2.28. The number of nitrogens with two attached hydrogens (primary N) is 1. The molecule has 0 aromatic heterocycles. The first-order valence-electron chi connectivity index (χ1n) is 9.48. The molecule has 1 aliphatic heterocycles. The zero-order valence-electron chi connectivity index (χ0n) is 17.4. The van der Waals surface area contributed by atoms with Crippen LogP contribution < -0.4 is 10.6 Å². The van der Waals surface area contributed by atoms with Crippen molar-refractivity contribution in [3.8, 4) is 0 Å². The number of fused-ring (bicyclic) bond motifs is 1. The summed E-state index contributed by atoms with van der Waals surface area (Å²) in [6, 6.07) is 8.37. The zero-order chi connectivity index (χ0) is 21.0. The summed E-state index contributed by atoms with van der Waals surface area (Å²) in [6.45, 7) is 13.6. The predicted molar refractivity (Wildman–Crippen MR) is 125 cm³/mol. The van der Waals surface area contributed by atoms with E-state index in [1.54, 1.807) is 17.8 Å². The van der Waals surface area contributed by atoms with E-state index in [2.05, 4.69) is 64.9 Å². The van der Waals surface area contributed by atoms with E-state index in [0.29, 0.717) is 13.2 Å². The van der Waals surface area contributed by atoms with Crippen LogP contribution in [0.3, 0.4) is 0 Å². The second kappa shape index (κ2) is 9.36. The molecule has 2 radical (unpaired) electrons. The molecule has 3 atom stereocenters. The van der Waals surface area contributed by atoms with Crippen molar-refractivity contribution in [3.05, 3.63) is 48.0 Å². The average molecular weight is 418 g/mol. The maximum absolute atomic E-state index is 6.29. The molecule has 1 heterocycles. The van der Waals surface area contributed by atoms with Gasteiger partial charge in [0.2, 0.25) is 0 Å². The number of para-hydroxylation sites is 1. The summed E-state index contributed by atoms with van der Waals surface area (Å²) < 4.78 is 11.8. The number of benzene rings is 1. The lowest BCUT2D eigenvalue weighted by Gasteiger charge is -2.30. The van der Waals surface area contributed by atoms with Gasteiger partial charge in [0, 0.05) is 23.3 Å². The molecule has 2 rings (SSSR count). The van der Waals surface area contributed by atoms with Gasteiger partial charge in [0.25, 0.3) is 0 Å². The van der Waals surface area contributed by atoms with Gasteiger partial charge in [-0.3, -0.25) is 0 Å². The van der Waals surface area contributed by atoms with Crippen LogP contribution in [0.25, 0.3) is 0 Å². The van der Waals surface area contributed by atoms with E-state index in [9.17, 15) is 0 Å². The van der Waals surface area contributed by atoms with Crippen LogP contribution in [0.1, 0.15) is 34.1 Å². The van der Waals surface area contributed by atoms with Crippen LogP contribution in [-0.4, -0.2) is 44.0 Å². The van der Waals surface area contributed by atoms with E-state index in [-0.39, 0.29) is 5.60 Å². The Morgan fingerprint density at radius 1 is 1.21 bits per heavy atom. The summed E-state index contributed by atoms with van der Waals surface area (Å²) in [4.78, 5) is 3.49.